The van der Waals surface area contributed by atoms with Crippen LogP contribution in [-0.4, -0.2) is 22.9 Å². The summed E-state index contributed by atoms with van der Waals surface area (Å²) in [6.45, 7) is 1.13. The number of ether oxygens (including phenoxy) is 1. The van der Waals surface area contributed by atoms with Crippen LogP contribution in [0.5, 0.6) is 5.75 Å². The SMILES string of the molecule is COc1ccccc1CN(Cc1cccs1)C(=O)CCc1nc2ccccc2s1. The van der Waals surface area contributed by atoms with E-state index in [4.69, 9.17) is 4.74 Å². The summed E-state index contributed by atoms with van der Waals surface area (Å²) in [5, 5.41) is 3.05. The van der Waals surface area contributed by atoms with E-state index in [1.54, 1.807) is 29.8 Å². The Balaban J connectivity index is 1.49. The number of hydrogen-bond acceptors (Lipinski definition) is 5. The number of hydrogen-bond donors (Lipinski definition) is 0. The highest BCUT2D eigenvalue weighted by Gasteiger charge is 2.18. The number of amides is 1. The van der Waals surface area contributed by atoms with E-state index in [9.17, 15) is 4.79 Å². The van der Waals surface area contributed by atoms with Crippen molar-refractivity contribution in [2.45, 2.75) is 25.9 Å². The van der Waals surface area contributed by atoms with Gasteiger partial charge in [0.15, 0.2) is 0 Å². The van der Waals surface area contributed by atoms with Crippen LogP contribution in [0.4, 0.5) is 0 Å². The number of aryl methyl sites for hydroxylation is 1. The Morgan fingerprint density at radius 2 is 1.86 bits per heavy atom. The number of para-hydroxylation sites is 2. The summed E-state index contributed by atoms with van der Waals surface area (Å²) in [6, 6.07) is 20.1. The second-order valence-electron chi connectivity index (χ2n) is 6.72. The van der Waals surface area contributed by atoms with E-state index < -0.39 is 0 Å². The lowest BCUT2D eigenvalue weighted by Gasteiger charge is -2.23. The monoisotopic (exact) mass is 422 g/mol. The van der Waals surface area contributed by atoms with Gasteiger partial charge in [0.05, 0.1) is 28.9 Å². The van der Waals surface area contributed by atoms with Crippen LogP contribution in [0.15, 0.2) is 66.0 Å². The van der Waals surface area contributed by atoms with Crippen LogP contribution < -0.4 is 4.74 Å². The van der Waals surface area contributed by atoms with E-state index in [1.807, 2.05) is 58.8 Å². The Morgan fingerprint density at radius 3 is 2.66 bits per heavy atom. The minimum absolute atomic E-state index is 0.128. The molecule has 0 radical (unpaired) electrons. The van der Waals surface area contributed by atoms with E-state index in [2.05, 4.69) is 17.1 Å². The molecule has 0 saturated carbocycles. The smallest absolute Gasteiger partial charge is 0.223 e. The fourth-order valence-corrected chi connectivity index (χ4v) is 4.95. The predicted octanol–water partition coefficient (Wildman–Crippen LogP) is 5.53. The summed E-state index contributed by atoms with van der Waals surface area (Å²) < 4.78 is 6.65. The second-order valence-corrected chi connectivity index (χ2v) is 8.86. The molecule has 0 saturated heterocycles. The zero-order valence-corrected chi connectivity index (χ0v) is 17.8. The molecule has 0 unspecified atom stereocenters. The van der Waals surface area contributed by atoms with Gasteiger partial charge in [0.2, 0.25) is 5.91 Å². The molecule has 6 heteroatoms. The fraction of sp³-hybridized carbons (Fsp3) is 0.217. The van der Waals surface area contributed by atoms with Crippen molar-refractivity contribution in [1.82, 2.24) is 9.88 Å². The summed E-state index contributed by atoms with van der Waals surface area (Å²) in [7, 11) is 1.66. The molecule has 4 aromatic rings. The quantitative estimate of drug-likeness (QED) is 0.375. The molecule has 2 aromatic carbocycles. The first-order valence-corrected chi connectivity index (χ1v) is 11.2. The third-order valence-corrected chi connectivity index (χ3v) is 6.68. The normalized spacial score (nSPS) is 10.9. The second kappa shape index (κ2) is 9.20. The van der Waals surface area contributed by atoms with Gasteiger partial charge in [-0.15, -0.1) is 22.7 Å². The van der Waals surface area contributed by atoms with Crippen LogP contribution in [0.25, 0.3) is 10.2 Å². The molecule has 0 aliphatic rings. The number of carbonyl (C=O) groups excluding carboxylic acids is 1. The maximum absolute atomic E-state index is 13.1. The summed E-state index contributed by atoms with van der Waals surface area (Å²) in [4.78, 5) is 20.9. The average Bonchev–Trinajstić information content (AvgIpc) is 3.41. The molecule has 0 fully saturated rings. The molecule has 0 spiro atoms. The standard InChI is InChI=1S/C23H22N2O2S2/c1-27-20-10-4-2-7-17(20)15-25(16-18-8-6-14-28-18)23(26)13-12-22-24-19-9-3-5-11-21(19)29-22/h2-11,14H,12-13,15-16H2,1H3. The van der Waals surface area contributed by atoms with Gasteiger partial charge < -0.3 is 9.64 Å². The van der Waals surface area contributed by atoms with Crippen molar-refractivity contribution in [2.75, 3.05) is 7.11 Å². The molecule has 148 valence electrons. The van der Waals surface area contributed by atoms with Crippen molar-refractivity contribution < 1.29 is 9.53 Å². The summed E-state index contributed by atoms with van der Waals surface area (Å²) in [5.74, 6) is 0.936. The highest BCUT2D eigenvalue weighted by Crippen LogP contribution is 2.24. The molecule has 0 aliphatic carbocycles. The van der Waals surface area contributed by atoms with Gasteiger partial charge in [-0.2, -0.15) is 0 Å². The Morgan fingerprint density at radius 1 is 1.03 bits per heavy atom. The average molecular weight is 423 g/mol. The minimum atomic E-state index is 0.128. The molecule has 4 nitrogen and oxygen atoms in total. The van der Waals surface area contributed by atoms with Crippen molar-refractivity contribution in [1.29, 1.82) is 0 Å². The number of carbonyl (C=O) groups is 1. The Kier molecular flexibility index (Phi) is 6.22. The molecule has 4 rings (SSSR count). The highest BCUT2D eigenvalue weighted by molar-refractivity contribution is 7.18. The Bertz CT molecular complexity index is 1060. The molecule has 1 amide bonds. The van der Waals surface area contributed by atoms with Gasteiger partial charge in [-0.25, -0.2) is 4.98 Å². The maximum Gasteiger partial charge on any atom is 0.223 e. The van der Waals surface area contributed by atoms with Crippen molar-refractivity contribution in [3.05, 3.63) is 81.5 Å². The molecule has 2 heterocycles. The molecule has 0 aliphatic heterocycles. The lowest BCUT2D eigenvalue weighted by atomic mass is 10.1. The third kappa shape index (κ3) is 4.83. The Labute approximate surface area is 178 Å². The van der Waals surface area contributed by atoms with Crippen molar-refractivity contribution in [3.63, 3.8) is 0 Å². The van der Waals surface area contributed by atoms with Crippen LogP contribution in [0.1, 0.15) is 21.9 Å². The van der Waals surface area contributed by atoms with Crippen molar-refractivity contribution in [2.24, 2.45) is 0 Å². The van der Waals surface area contributed by atoms with E-state index in [1.165, 1.54) is 9.58 Å². The largest absolute Gasteiger partial charge is 0.496 e. The highest BCUT2D eigenvalue weighted by atomic mass is 32.1. The van der Waals surface area contributed by atoms with Gasteiger partial charge >= 0.3 is 0 Å². The third-order valence-electron chi connectivity index (χ3n) is 4.72. The van der Waals surface area contributed by atoms with Crippen LogP contribution in [0.3, 0.4) is 0 Å². The molecule has 2 aromatic heterocycles. The Hall–Kier alpha value is -2.70. The predicted molar refractivity (Wildman–Crippen MR) is 120 cm³/mol. The molecular weight excluding hydrogens is 400 g/mol. The van der Waals surface area contributed by atoms with Gasteiger partial charge in [0.1, 0.15) is 5.75 Å². The number of benzene rings is 2. The number of aromatic nitrogens is 1. The first kappa shape index (κ1) is 19.6. The lowest BCUT2D eigenvalue weighted by molar-refractivity contribution is -0.132. The zero-order chi connectivity index (χ0) is 20.1. The van der Waals surface area contributed by atoms with Crippen molar-refractivity contribution in [3.8, 4) is 5.75 Å². The molecule has 0 atom stereocenters. The number of rotatable bonds is 8. The lowest BCUT2D eigenvalue weighted by Crippen LogP contribution is -2.30. The van der Waals surface area contributed by atoms with Crippen molar-refractivity contribution >= 4 is 38.8 Å². The summed E-state index contributed by atoms with van der Waals surface area (Å²) >= 11 is 3.34. The van der Waals surface area contributed by atoms with E-state index in [-0.39, 0.29) is 5.91 Å². The topological polar surface area (TPSA) is 42.4 Å². The van der Waals surface area contributed by atoms with Crippen LogP contribution in [0.2, 0.25) is 0 Å². The van der Waals surface area contributed by atoms with Gasteiger partial charge in [-0.05, 0) is 29.6 Å². The summed E-state index contributed by atoms with van der Waals surface area (Å²) in [5.41, 5.74) is 2.02. The summed E-state index contributed by atoms with van der Waals surface area (Å²) in [6.07, 6.45) is 1.10. The first-order valence-electron chi connectivity index (χ1n) is 9.49. The van der Waals surface area contributed by atoms with Crippen LogP contribution >= 0.6 is 22.7 Å². The molecule has 0 bridgehead atoms. The van der Waals surface area contributed by atoms with E-state index in [0.29, 0.717) is 25.9 Å². The zero-order valence-electron chi connectivity index (χ0n) is 16.2. The van der Waals surface area contributed by atoms with Crippen LogP contribution in [-0.2, 0) is 24.3 Å². The number of thiophene rings is 1. The number of fused-ring (bicyclic) bond motifs is 1. The van der Waals surface area contributed by atoms with E-state index in [0.717, 1.165) is 21.8 Å². The van der Waals surface area contributed by atoms with Gasteiger partial charge in [0.25, 0.3) is 0 Å². The first-order chi connectivity index (χ1) is 14.2. The number of methoxy groups -OCH3 is 1. The fourth-order valence-electron chi connectivity index (χ4n) is 3.26. The number of nitrogens with zero attached hydrogens (tertiary/aromatic N) is 2. The maximum atomic E-state index is 13.1. The van der Waals surface area contributed by atoms with E-state index >= 15 is 0 Å². The van der Waals surface area contributed by atoms with Gasteiger partial charge in [-0.3, -0.25) is 4.79 Å². The molecular formula is C23H22N2O2S2. The van der Waals surface area contributed by atoms with Gasteiger partial charge in [0, 0.05) is 29.8 Å². The van der Waals surface area contributed by atoms with Crippen LogP contribution in [0, 0.1) is 0 Å². The molecule has 29 heavy (non-hydrogen) atoms. The van der Waals surface area contributed by atoms with Gasteiger partial charge in [-0.1, -0.05) is 36.4 Å². The number of thiazole rings is 1. The molecule has 0 N–H and O–H groups in total. The minimum Gasteiger partial charge on any atom is -0.496 e.